The maximum atomic E-state index is 2.37. The van der Waals surface area contributed by atoms with Crippen LogP contribution in [0.3, 0.4) is 0 Å². The maximum absolute atomic E-state index is 2.37. The van der Waals surface area contributed by atoms with Crippen LogP contribution in [0, 0.1) is 6.92 Å². The van der Waals surface area contributed by atoms with Crippen LogP contribution in [0.5, 0.6) is 0 Å². The molecule has 2 rings (SSSR count). The van der Waals surface area contributed by atoms with E-state index in [-0.39, 0.29) is 5.41 Å². The minimum Gasteiger partial charge on any atom is -0.378 e. The second-order valence-electron chi connectivity index (χ2n) is 8.32. The summed E-state index contributed by atoms with van der Waals surface area (Å²) in [5.41, 5.74) is 7.27. The highest BCUT2D eigenvalue weighted by Gasteiger charge is 2.15. The first-order valence-corrected chi connectivity index (χ1v) is 9.06. The lowest BCUT2D eigenvalue weighted by Gasteiger charge is -2.21. The van der Waals surface area contributed by atoms with Crippen LogP contribution in [0.2, 0.25) is 0 Å². The van der Waals surface area contributed by atoms with E-state index >= 15 is 0 Å². The molecule has 1 heteroatoms. The number of anilines is 1. The van der Waals surface area contributed by atoms with Crippen LogP contribution < -0.4 is 4.90 Å². The third kappa shape index (κ3) is 4.63. The highest BCUT2D eigenvalue weighted by atomic mass is 15.1. The van der Waals surface area contributed by atoms with Crippen LogP contribution in [-0.4, -0.2) is 14.1 Å². The van der Waals surface area contributed by atoms with E-state index in [0.29, 0.717) is 5.92 Å². The summed E-state index contributed by atoms with van der Waals surface area (Å²) in [6.45, 7) is 11.4. The number of aryl methyl sites for hydroxylation is 2. The van der Waals surface area contributed by atoms with Crippen molar-refractivity contribution in [3.05, 3.63) is 64.7 Å². The summed E-state index contributed by atoms with van der Waals surface area (Å²) in [5, 5.41) is 0. The first-order chi connectivity index (χ1) is 11.2. The first-order valence-electron chi connectivity index (χ1n) is 9.06. The lowest BCUT2D eigenvalue weighted by molar-refractivity contribution is 0.589. The molecule has 1 unspecified atom stereocenters. The Bertz CT molecular complexity index is 659. The van der Waals surface area contributed by atoms with E-state index in [0.717, 1.165) is 6.42 Å². The molecule has 130 valence electrons. The molecule has 0 aromatic heterocycles. The van der Waals surface area contributed by atoms with Crippen molar-refractivity contribution >= 4 is 5.69 Å². The molecule has 0 radical (unpaired) electrons. The van der Waals surface area contributed by atoms with Crippen molar-refractivity contribution in [1.82, 2.24) is 0 Å². The van der Waals surface area contributed by atoms with Crippen LogP contribution in [-0.2, 0) is 11.8 Å². The molecule has 0 spiro atoms. The quantitative estimate of drug-likeness (QED) is 0.643. The van der Waals surface area contributed by atoms with Gasteiger partial charge in [0.1, 0.15) is 0 Å². The Hall–Kier alpha value is -1.76. The van der Waals surface area contributed by atoms with Crippen LogP contribution in [0.4, 0.5) is 5.69 Å². The number of rotatable bonds is 5. The standard InChI is InChI=1S/C23H33N/c1-17(19-11-14-22(15-12-19)24(6)7)8-9-20-10-13-21(16-18(20)2)23(3,4)5/h10-17H,8-9H2,1-7H3. The number of hydrogen-bond donors (Lipinski definition) is 0. The van der Waals surface area contributed by atoms with Crippen molar-refractivity contribution in [1.29, 1.82) is 0 Å². The Morgan fingerprint density at radius 3 is 2.08 bits per heavy atom. The molecule has 0 saturated carbocycles. The van der Waals surface area contributed by atoms with Crippen LogP contribution in [0.1, 0.15) is 62.3 Å². The summed E-state index contributed by atoms with van der Waals surface area (Å²) in [4.78, 5) is 2.15. The molecule has 0 heterocycles. The number of nitrogens with zero attached hydrogens (tertiary/aromatic N) is 1. The van der Waals surface area contributed by atoms with Crippen molar-refractivity contribution in [2.24, 2.45) is 0 Å². The molecule has 2 aromatic carbocycles. The molecule has 0 fully saturated rings. The molecule has 0 amide bonds. The van der Waals surface area contributed by atoms with E-state index in [4.69, 9.17) is 0 Å². The lowest BCUT2D eigenvalue weighted by atomic mass is 9.84. The Kier molecular flexibility index (Phi) is 5.74. The summed E-state index contributed by atoms with van der Waals surface area (Å²) in [6.07, 6.45) is 2.34. The molecule has 1 atom stereocenters. The van der Waals surface area contributed by atoms with Gasteiger partial charge in [-0.05, 0) is 65.5 Å². The largest absolute Gasteiger partial charge is 0.378 e. The minimum atomic E-state index is 0.227. The lowest BCUT2D eigenvalue weighted by Crippen LogP contribution is -2.11. The van der Waals surface area contributed by atoms with E-state index in [1.807, 2.05) is 0 Å². The second kappa shape index (κ2) is 7.42. The molecule has 1 nitrogen and oxygen atoms in total. The van der Waals surface area contributed by atoms with Gasteiger partial charge in [-0.3, -0.25) is 0 Å². The average molecular weight is 324 g/mol. The number of benzene rings is 2. The molecular weight excluding hydrogens is 290 g/mol. The topological polar surface area (TPSA) is 3.24 Å². The van der Waals surface area contributed by atoms with Crippen molar-refractivity contribution in [3.8, 4) is 0 Å². The van der Waals surface area contributed by atoms with Crippen molar-refractivity contribution in [3.63, 3.8) is 0 Å². The summed E-state index contributed by atoms with van der Waals surface area (Å²) in [7, 11) is 4.17. The van der Waals surface area contributed by atoms with Gasteiger partial charge in [0.05, 0.1) is 0 Å². The fraction of sp³-hybridized carbons (Fsp3) is 0.478. The van der Waals surface area contributed by atoms with Gasteiger partial charge in [0.2, 0.25) is 0 Å². The van der Waals surface area contributed by atoms with E-state index in [1.165, 1.54) is 34.4 Å². The molecule has 0 N–H and O–H groups in total. The second-order valence-corrected chi connectivity index (χ2v) is 8.32. The van der Waals surface area contributed by atoms with Gasteiger partial charge in [0.25, 0.3) is 0 Å². The van der Waals surface area contributed by atoms with Gasteiger partial charge < -0.3 is 4.90 Å². The first kappa shape index (κ1) is 18.6. The highest BCUT2D eigenvalue weighted by Crippen LogP contribution is 2.27. The predicted octanol–water partition coefficient (Wildman–Crippen LogP) is 6.09. The zero-order valence-electron chi connectivity index (χ0n) is 16.5. The van der Waals surface area contributed by atoms with Gasteiger partial charge in [-0.1, -0.05) is 58.0 Å². The van der Waals surface area contributed by atoms with Crippen molar-refractivity contribution in [2.75, 3.05) is 19.0 Å². The minimum absolute atomic E-state index is 0.227. The van der Waals surface area contributed by atoms with Gasteiger partial charge in [-0.2, -0.15) is 0 Å². The summed E-state index contributed by atoms with van der Waals surface area (Å²) in [5.74, 6) is 0.586. The van der Waals surface area contributed by atoms with E-state index < -0.39 is 0 Å². The molecule has 2 aromatic rings. The molecule has 24 heavy (non-hydrogen) atoms. The van der Waals surface area contributed by atoms with Crippen molar-refractivity contribution < 1.29 is 0 Å². The Morgan fingerprint density at radius 2 is 1.58 bits per heavy atom. The predicted molar refractivity (Wildman–Crippen MR) is 107 cm³/mol. The van der Waals surface area contributed by atoms with Crippen LogP contribution in [0.25, 0.3) is 0 Å². The van der Waals surface area contributed by atoms with Gasteiger partial charge in [-0.25, -0.2) is 0 Å². The third-order valence-electron chi connectivity index (χ3n) is 5.03. The fourth-order valence-electron chi connectivity index (χ4n) is 3.08. The van der Waals surface area contributed by atoms with Gasteiger partial charge >= 0.3 is 0 Å². The fourth-order valence-corrected chi connectivity index (χ4v) is 3.08. The monoisotopic (exact) mass is 323 g/mol. The maximum Gasteiger partial charge on any atom is 0.0361 e. The molecule has 0 aliphatic carbocycles. The number of hydrogen-bond acceptors (Lipinski definition) is 1. The van der Waals surface area contributed by atoms with E-state index in [1.54, 1.807) is 0 Å². The molecule has 0 saturated heterocycles. The van der Waals surface area contributed by atoms with Crippen LogP contribution in [0.15, 0.2) is 42.5 Å². The molecule has 0 aliphatic heterocycles. The zero-order chi connectivity index (χ0) is 17.9. The summed E-state index contributed by atoms with van der Waals surface area (Å²) < 4.78 is 0. The highest BCUT2D eigenvalue weighted by molar-refractivity contribution is 5.46. The Labute approximate surface area is 148 Å². The smallest absolute Gasteiger partial charge is 0.0361 e. The van der Waals surface area contributed by atoms with Gasteiger partial charge in [0.15, 0.2) is 0 Å². The van der Waals surface area contributed by atoms with Gasteiger partial charge in [-0.15, -0.1) is 0 Å². The normalized spacial score (nSPS) is 13.0. The SMILES string of the molecule is Cc1cc(C(C)(C)C)ccc1CCC(C)c1ccc(N(C)C)cc1. The van der Waals surface area contributed by atoms with E-state index in [2.05, 4.69) is 96.1 Å². The Balaban J connectivity index is 2.02. The zero-order valence-corrected chi connectivity index (χ0v) is 16.5. The average Bonchev–Trinajstić information content (AvgIpc) is 2.52. The van der Waals surface area contributed by atoms with Gasteiger partial charge in [0, 0.05) is 19.8 Å². The summed E-state index contributed by atoms with van der Waals surface area (Å²) in [6, 6.07) is 16.0. The molecule has 0 bridgehead atoms. The third-order valence-corrected chi connectivity index (χ3v) is 5.03. The van der Waals surface area contributed by atoms with E-state index in [9.17, 15) is 0 Å². The molecule has 0 aliphatic rings. The summed E-state index contributed by atoms with van der Waals surface area (Å²) >= 11 is 0. The Morgan fingerprint density at radius 1 is 0.958 bits per heavy atom. The molecular formula is C23H33N. The van der Waals surface area contributed by atoms with Crippen LogP contribution >= 0.6 is 0 Å². The van der Waals surface area contributed by atoms with Crippen molar-refractivity contribution in [2.45, 2.75) is 58.8 Å².